The Morgan fingerprint density at radius 3 is 2.67 bits per heavy atom. The zero-order valence-electron chi connectivity index (χ0n) is 5.55. The van der Waals surface area contributed by atoms with E-state index < -0.39 is 0 Å². The quantitative estimate of drug-likeness (QED) is 0.221. The fraction of sp³-hybridized carbons (Fsp3) is 0.167. The maximum Gasteiger partial charge on any atom is 1.00 e. The van der Waals surface area contributed by atoms with Gasteiger partial charge in [-0.2, -0.15) is 0 Å². The summed E-state index contributed by atoms with van der Waals surface area (Å²) in [6.07, 6.45) is 9.97. The van der Waals surface area contributed by atoms with Crippen LogP contribution in [-0.2, 0) is 7.05 Å². The van der Waals surface area contributed by atoms with Gasteiger partial charge in [0.1, 0.15) is 0 Å². The van der Waals surface area contributed by atoms with Crippen molar-refractivity contribution >= 4 is 0 Å². The van der Waals surface area contributed by atoms with Gasteiger partial charge in [-0.15, -0.1) is 0 Å². The van der Waals surface area contributed by atoms with Crippen LogP contribution in [-0.4, -0.2) is 9.78 Å². The maximum atomic E-state index is 6.65. The molecule has 0 saturated carbocycles. The smallest absolute Gasteiger partial charge is 0.366 e. The maximum absolute atomic E-state index is 6.65. The Morgan fingerprint density at radius 2 is 2.44 bits per heavy atom. The summed E-state index contributed by atoms with van der Waals surface area (Å²) in [7, 11) is 1.81. The van der Waals surface area contributed by atoms with E-state index in [2.05, 4.69) is 11.0 Å². The van der Waals surface area contributed by atoms with Gasteiger partial charge in [0.25, 0.3) is 0 Å². The third-order valence-corrected chi connectivity index (χ3v) is 0.849. The first-order valence-electron chi connectivity index (χ1n) is 2.24. The van der Waals surface area contributed by atoms with Crippen molar-refractivity contribution in [2.75, 3.05) is 0 Å². The van der Waals surface area contributed by atoms with Crippen molar-refractivity contribution in [3.05, 3.63) is 24.4 Å². The number of rotatable bonds is 0. The Bertz CT molecular complexity index is 221. The van der Waals surface area contributed by atoms with Crippen molar-refractivity contribution in [2.45, 2.75) is 0 Å². The summed E-state index contributed by atoms with van der Waals surface area (Å²) in [4.78, 5) is 0. The predicted molar refractivity (Wildman–Crippen MR) is 29.4 cm³/mol. The number of nitrogens with zero attached hydrogens (tertiary/aromatic N) is 2. The van der Waals surface area contributed by atoms with Crippen LogP contribution in [0.2, 0.25) is 0 Å². The molecule has 0 unspecified atom stereocenters. The van der Waals surface area contributed by atoms with Gasteiger partial charge in [0, 0.05) is 7.05 Å². The molecule has 0 amide bonds. The molecular weight excluding hydrogens is 139 g/mol. The van der Waals surface area contributed by atoms with Crippen molar-refractivity contribution < 1.29 is 51.4 Å². The number of hydrogen-bond donors (Lipinski definition) is 0. The molecule has 0 bridgehead atoms. The molecule has 40 valence electrons. The van der Waals surface area contributed by atoms with Gasteiger partial charge in [0.2, 0.25) is 0 Å². The molecule has 0 saturated heterocycles. The van der Waals surface area contributed by atoms with E-state index in [0.29, 0.717) is 5.56 Å². The van der Waals surface area contributed by atoms with Crippen molar-refractivity contribution in [3.8, 4) is 5.92 Å². The second-order valence-corrected chi connectivity index (χ2v) is 1.53. The molecule has 0 atom stereocenters. The average molecular weight is 144 g/mol. The van der Waals surface area contributed by atoms with Gasteiger partial charge in [0.05, 0.1) is 0 Å². The Morgan fingerprint density at radius 1 is 1.78 bits per heavy atom. The van der Waals surface area contributed by atoms with Gasteiger partial charge in [-0.25, -0.2) is 5.10 Å². The molecule has 0 aliphatic heterocycles. The van der Waals surface area contributed by atoms with Crippen molar-refractivity contribution in [2.24, 2.45) is 7.05 Å². The van der Waals surface area contributed by atoms with Crippen LogP contribution in [0.1, 0.15) is 5.56 Å². The van der Waals surface area contributed by atoms with Gasteiger partial charge in [-0.1, -0.05) is 5.56 Å². The van der Waals surface area contributed by atoms with Crippen molar-refractivity contribution in [1.29, 1.82) is 0 Å². The van der Waals surface area contributed by atoms with Gasteiger partial charge >= 0.3 is 51.4 Å². The molecule has 1 heterocycles. The Kier molecular flexibility index (Phi) is 4.45. The third kappa shape index (κ3) is 2.65. The summed E-state index contributed by atoms with van der Waals surface area (Å²) in [6, 6.07) is 0. The van der Waals surface area contributed by atoms with Crippen LogP contribution in [0.5, 0.6) is 0 Å². The summed E-state index contributed by atoms with van der Waals surface area (Å²) < 4.78 is 1.64. The molecule has 0 radical (unpaired) electrons. The number of hydrogen-bond acceptors (Lipinski definition) is 1. The molecule has 1 aromatic heterocycles. The molecule has 0 spiro atoms. The predicted octanol–water partition coefficient (Wildman–Crippen LogP) is -2.64. The fourth-order valence-electron chi connectivity index (χ4n) is 0.486. The van der Waals surface area contributed by atoms with Gasteiger partial charge in [0.15, 0.2) is 0 Å². The summed E-state index contributed by atoms with van der Waals surface area (Å²) >= 11 is 0. The summed E-state index contributed by atoms with van der Waals surface area (Å²) in [5, 5.41) is 3.82. The minimum Gasteiger partial charge on any atom is -0.366 e. The van der Waals surface area contributed by atoms with E-state index in [4.69, 9.17) is 6.42 Å². The zero-order chi connectivity index (χ0) is 5.98. The Labute approximate surface area is 97.1 Å². The molecule has 1 rings (SSSR count). The first kappa shape index (κ1) is 9.41. The molecule has 3 heteroatoms. The largest absolute Gasteiger partial charge is 1.00 e. The zero-order valence-corrected chi connectivity index (χ0v) is 8.67. The van der Waals surface area contributed by atoms with E-state index in [-0.39, 0.29) is 51.4 Å². The van der Waals surface area contributed by atoms with Crippen molar-refractivity contribution in [3.63, 3.8) is 0 Å². The van der Waals surface area contributed by atoms with Crippen molar-refractivity contribution in [1.82, 2.24) is 9.78 Å². The molecule has 2 nitrogen and oxygen atoms in total. The Hall–Kier alpha value is 0.406. The van der Waals surface area contributed by atoms with E-state index in [1.807, 2.05) is 0 Å². The first-order valence-corrected chi connectivity index (χ1v) is 2.24. The van der Waals surface area contributed by atoms with E-state index in [1.54, 1.807) is 24.1 Å². The normalized spacial score (nSPS) is 7.56. The van der Waals surface area contributed by atoms with Crippen LogP contribution in [0.3, 0.4) is 0 Å². The van der Waals surface area contributed by atoms with E-state index in [1.165, 1.54) is 0 Å². The number of aromatic nitrogens is 2. The van der Waals surface area contributed by atoms with Crippen LogP contribution in [0.15, 0.2) is 12.4 Å². The fourth-order valence-corrected chi connectivity index (χ4v) is 0.486. The molecule has 0 fully saturated rings. The van der Waals surface area contributed by atoms with Gasteiger partial charge in [-0.3, -0.25) is 10.6 Å². The standard InChI is InChI=1S/C6H5N2.K/c1-3-6-4-7-8(2)5-6;/h4-5H,2H3;/q-1;+1. The van der Waals surface area contributed by atoms with Crippen LogP contribution in [0.4, 0.5) is 0 Å². The molecular formula is C6H5KN2. The number of aryl methyl sites for hydroxylation is 1. The third-order valence-electron chi connectivity index (χ3n) is 0.849. The average Bonchev–Trinajstić information content (AvgIpc) is 2.14. The van der Waals surface area contributed by atoms with E-state index in [0.717, 1.165) is 0 Å². The monoisotopic (exact) mass is 144 g/mol. The topological polar surface area (TPSA) is 17.8 Å². The second kappa shape index (κ2) is 4.26. The summed E-state index contributed by atoms with van der Waals surface area (Å²) in [5.41, 5.74) is 0.715. The summed E-state index contributed by atoms with van der Waals surface area (Å²) in [6.45, 7) is 0. The molecule has 0 aliphatic rings. The minimum atomic E-state index is 0. The molecule has 1 aromatic rings. The van der Waals surface area contributed by atoms with E-state index in [9.17, 15) is 0 Å². The molecule has 0 aliphatic carbocycles. The van der Waals surface area contributed by atoms with Gasteiger partial charge in [-0.05, 0) is 12.4 Å². The first-order chi connectivity index (χ1) is 3.83. The molecule has 0 N–H and O–H groups in total. The Balaban J connectivity index is 0.000000640. The molecule has 9 heavy (non-hydrogen) atoms. The van der Waals surface area contributed by atoms with Crippen LogP contribution >= 0.6 is 0 Å². The van der Waals surface area contributed by atoms with E-state index >= 15 is 0 Å². The van der Waals surface area contributed by atoms with Gasteiger partial charge < -0.3 is 6.42 Å². The minimum absolute atomic E-state index is 0. The second-order valence-electron chi connectivity index (χ2n) is 1.53. The van der Waals surface area contributed by atoms with Crippen LogP contribution < -0.4 is 51.4 Å². The molecule has 0 aromatic carbocycles. The SMILES string of the molecule is [C-]#Cc1cnn(C)c1.[K+]. The van der Waals surface area contributed by atoms with Crippen LogP contribution in [0, 0.1) is 12.3 Å². The van der Waals surface area contributed by atoms with Crippen LogP contribution in [0.25, 0.3) is 0 Å². The summed E-state index contributed by atoms with van der Waals surface area (Å²) in [5.74, 6) is 2.21.